The summed E-state index contributed by atoms with van der Waals surface area (Å²) >= 11 is 6.13. The summed E-state index contributed by atoms with van der Waals surface area (Å²) in [7, 11) is 2.87. The molecule has 7 nitrogen and oxygen atoms in total. The van der Waals surface area contributed by atoms with Crippen molar-refractivity contribution in [2.75, 3.05) is 33.9 Å². The quantitative estimate of drug-likeness (QED) is 0.570. The summed E-state index contributed by atoms with van der Waals surface area (Å²) in [5.74, 6) is 0.0883. The van der Waals surface area contributed by atoms with Crippen LogP contribution in [0.1, 0.15) is 23.2 Å². The molecule has 2 rings (SSSR count). The van der Waals surface area contributed by atoms with Gasteiger partial charge in [0.1, 0.15) is 11.3 Å². The third-order valence-corrected chi connectivity index (χ3v) is 4.03. The predicted octanol–water partition coefficient (Wildman–Crippen LogP) is 3.13. The average molecular weight is 369 g/mol. The number of carbonyl (C=O) groups excluding carboxylic acids is 2. The molecule has 0 saturated carbocycles. The largest absolute Gasteiger partial charge is 0.496 e. The van der Waals surface area contributed by atoms with Gasteiger partial charge in [-0.2, -0.15) is 0 Å². The lowest BCUT2D eigenvalue weighted by Crippen LogP contribution is -2.45. The first kappa shape index (κ1) is 18.9. The van der Waals surface area contributed by atoms with E-state index in [0.29, 0.717) is 31.7 Å². The van der Waals surface area contributed by atoms with Gasteiger partial charge in [0.05, 0.1) is 25.8 Å². The molecule has 1 heterocycles. The highest BCUT2D eigenvalue weighted by molar-refractivity contribution is 6.32. The number of carbonyl (C=O) groups is 2. The van der Waals surface area contributed by atoms with Crippen LogP contribution in [-0.2, 0) is 4.74 Å². The van der Waals surface area contributed by atoms with E-state index in [2.05, 4.69) is 6.58 Å². The number of rotatable bonds is 6. The minimum atomic E-state index is -0.576. The van der Waals surface area contributed by atoms with Gasteiger partial charge in [0, 0.05) is 13.1 Å². The molecule has 0 spiro atoms. The molecule has 0 atom stereocenters. The van der Waals surface area contributed by atoms with Crippen LogP contribution >= 0.6 is 11.6 Å². The van der Waals surface area contributed by atoms with Crippen LogP contribution in [0.2, 0.25) is 5.02 Å². The number of hydrogen-bond acceptors (Lipinski definition) is 5. The monoisotopic (exact) mass is 368 g/mol. The van der Waals surface area contributed by atoms with Crippen LogP contribution in [0.15, 0.2) is 24.8 Å². The van der Waals surface area contributed by atoms with Crippen LogP contribution in [0.5, 0.6) is 11.5 Å². The number of amides is 2. The topological polar surface area (TPSA) is 68.3 Å². The molecule has 1 aliphatic heterocycles. The summed E-state index contributed by atoms with van der Waals surface area (Å²) in [4.78, 5) is 25.3. The Morgan fingerprint density at radius 1 is 1.24 bits per heavy atom. The molecule has 0 radical (unpaired) electrons. The van der Waals surface area contributed by atoms with E-state index in [1.165, 1.54) is 24.2 Å². The predicted molar refractivity (Wildman–Crippen MR) is 93.1 cm³/mol. The SMILES string of the molecule is C=CCCOC(=O)N1CCCN1C(=O)c1c(OC)ccc(Cl)c1OC. The van der Waals surface area contributed by atoms with Crippen molar-refractivity contribution in [3.63, 3.8) is 0 Å². The van der Waals surface area contributed by atoms with Crippen LogP contribution in [-0.4, -0.2) is 55.9 Å². The maximum Gasteiger partial charge on any atom is 0.428 e. The standard InChI is InChI=1S/C17H21ClN2O5/c1-4-5-11-25-17(22)20-10-6-9-19(20)16(21)14-13(23-2)8-7-12(18)15(14)24-3/h4,7-8H,1,5-6,9-11H2,2-3H3. The first-order valence-corrected chi connectivity index (χ1v) is 8.20. The fourth-order valence-corrected chi connectivity index (χ4v) is 2.79. The smallest absolute Gasteiger partial charge is 0.428 e. The van der Waals surface area contributed by atoms with Crippen LogP contribution in [0.3, 0.4) is 0 Å². The summed E-state index contributed by atoms with van der Waals surface area (Å²) in [5.41, 5.74) is 0.170. The number of hydrazine groups is 1. The summed E-state index contributed by atoms with van der Waals surface area (Å²) in [5, 5.41) is 2.89. The van der Waals surface area contributed by atoms with Crippen molar-refractivity contribution in [1.82, 2.24) is 10.0 Å². The maximum absolute atomic E-state index is 13.0. The normalized spacial score (nSPS) is 13.6. The second-order valence-electron chi connectivity index (χ2n) is 5.25. The third-order valence-electron chi connectivity index (χ3n) is 3.73. The molecule has 1 aromatic carbocycles. The van der Waals surface area contributed by atoms with E-state index in [1.54, 1.807) is 18.2 Å². The number of methoxy groups -OCH3 is 2. The molecule has 0 aromatic heterocycles. The van der Waals surface area contributed by atoms with Gasteiger partial charge in [-0.05, 0) is 25.0 Å². The number of benzene rings is 1. The van der Waals surface area contributed by atoms with Gasteiger partial charge in [0.2, 0.25) is 0 Å². The van der Waals surface area contributed by atoms with Crippen LogP contribution in [0.4, 0.5) is 4.79 Å². The lowest BCUT2D eigenvalue weighted by molar-refractivity contribution is 0.0133. The molecule has 1 fully saturated rings. The van der Waals surface area contributed by atoms with E-state index < -0.39 is 12.0 Å². The highest BCUT2D eigenvalue weighted by Crippen LogP contribution is 2.37. The summed E-state index contributed by atoms with van der Waals surface area (Å²) in [6.07, 6.45) is 2.27. The Balaban J connectivity index is 2.28. The van der Waals surface area contributed by atoms with Crippen LogP contribution < -0.4 is 9.47 Å². The zero-order valence-corrected chi connectivity index (χ0v) is 15.0. The van der Waals surface area contributed by atoms with Gasteiger partial charge in [0.25, 0.3) is 5.91 Å². The Bertz CT molecular complexity index is 665. The number of halogens is 1. The first-order valence-electron chi connectivity index (χ1n) is 7.82. The van der Waals surface area contributed by atoms with E-state index in [1.807, 2.05) is 0 Å². The lowest BCUT2D eigenvalue weighted by atomic mass is 10.1. The summed E-state index contributed by atoms with van der Waals surface area (Å²) in [6, 6.07) is 3.17. The van der Waals surface area contributed by atoms with Gasteiger partial charge in [-0.3, -0.25) is 4.79 Å². The molecule has 1 aliphatic rings. The molecular weight excluding hydrogens is 348 g/mol. The fraction of sp³-hybridized carbons (Fsp3) is 0.412. The molecular formula is C17H21ClN2O5. The molecule has 136 valence electrons. The van der Waals surface area contributed by atoms with Crippen molar-refractivity contribution in [1.29, 1.82) is 0 Å². The van der Waals surface area contributed by atoms with Crippen LogP contribution in [0.25, 0.3) is 0 Å². The van der Waals surface area contributed by atoms with Gasteiger partial charge in [-0.15, -0.1) is 6.58 Å². The lowest BCUT2D eigenvalue weighted by Gasteiger charge is -2.28. The van der Waals surface area contributed by atoms with Crippen molar-refractivity contribution < 1.29 is 23.8 Å². The summed E-state index contributed by atoms with van der Waals surface area (Å²) in [6.45, 7) is 4.56. The third kappa shape index (κ3) is 3.99. The maximum atomic E-state index is 13.0. The zero-order chi connectivity index (χ0) is 18.4. The van der Waals surface area contributed by atoms with E-state index in [4.69, 9.17) is 25.8 Å². The Kier molecular flexibility index (Phi) is 6.52. The molecule has 1 aromatic rings. The van der Waals surface area contributed by atoms with Gasteiger partial charge in [-0.25, -0.2) is 14.8 Å². The molecule has 2 amide bonds. The highest BCUT2D eigenvalue weighted by Gasteiger charge is 2.35. The molecule has 25 heavy (non-hydrogen) atoms. The molecule has 0 aliphatic carbocycles. The number of hydrogen-bond donors (Lipinski definition) is 0. The van der Waals surface area contributed by atoms with Crippen molar-refractivity contribution >= 4 is 23.6 Å². The van der Waals surface area contributed by atoms with E-state index in [9.17, 15) is 9.59 Å². The van der Waals surface area contributed by atoms with Gasteiger partial charge >= 0.3 is 6.09 Å². The molecule has 0 bridgehead atoms. The fourth-order valence-electron chi connectivity index (χ4n) is 2.56. The summed E-state index contributed by atoms with van der Waals surface area (Å²) < 4.78 is 15.7. The minimum absolute atomic E-state index is 0.170. The minimum Gasteiger partial charge on any atom is -0.496 e. The molecule has 0 N–H and O–H groups in total. The van der Waals surface area contributed by atoms with E-state index in [-0.39, 0.29) is 22.9 Å². The van der Waals surface area contributed by atoms with Gasteiger partial charge in [0.15, 0.2) is 5.75 Å². The Morgan fingerprint density at radius 3 is 2.60 bits per heavy atom. The zero-order valence-electron chi connectivity index (χ0n) is 14.3. The van der Waals surface area contributed by atoms with Crippen LogP contribution in [0, 0.1) is 0 Å². The number of nitrogens with zero attached hydrogens (tertiary/aromatic N) is 2. The Hall–Kier alpha value is -2.41. The van der Waals surface area contributed by atoms with Crippen molar-refractivity contribution in [3.8, 4) is 11.5 Å². The molecule has 1 saturated heterocycles. The average Bonchev–Trinajstić information content (AvgIpc) is 3.10. The second-order valence-corrected chi connectivity index (χ2v) is 5.66. The second kappa shape index (κ2) is 8.62. The molecule has 8 heteroatoms. The van der Waals surface area contributed by atoms with Crippen molar-refractivity contribution in [2.45, 2.75) is 12.8 Å². The van der Waals surface area contributed by atoms with E-state index >= 15 is 0 Å². The Labute approximate surface area is 151 Å². The highest BCUT2D eigenvalue weighted by atomic mass is 35.5. The van der Waals surface area contributed by atoms with Crippen molar-refractivity contribution in [2.24, 2.45) is 0 Å². The number of ether oxygens (including phenoxy) is 3. The van der Waals surface area contributed by atoms with Gasteiger partial charge < -0.3 is 14.2 Å². The van der Waals surface area contributed by atoms with Gasteiger partial charge in [-0.1, -0.05) is 17.7 Å². The van der Waals surface area contributed by atoms with E-state index in [0.717, 1.165) is 0 Å². The first-order chi connectivity index (χ1) is 12.0. The molecule has 0 unspecified atom stereocenters. The van der Waals surface area contributed by atoms with Crippen molar-refractivity contribution in [3.05, 3.63) is 35.4 Å². The Morgan fingerprint density at radius 2 is 1.96 bits per heavy atom.